The third-order valence-corrected chi connectivity index (χ3v) is 3.37. The van der Waals surface area contributed by atoms with Gasteiger partial charge in [0.15, 0.2) is 0 Å². The Balaban J connectivity index is 3.29. The van der Waals surface area contributed by atoms with Gasteiger partial charge in [0.1, 0.15) is 5.82 Å². The van der Waals surface area contributed by atoms with Crippen LogP contribution in [0.2, 0.25) is 5.02 Å². The standard InChI is InChI=1S/C12H17ClFN/c1-4-12(15,8(2)3)10-7-9(14)5-6-11(10)13/h5-8H,4,15H2,1-3H3. The molecule has 0 radical (unpaired) electrons. The van der Waals surface area contributed by atoms with E-state index >= 15 is 0 Å². The van der Waals surface area contributed by atoms with Gasteiger partial charge in [0, 0.05) is 10.6 Å². The van der Waals surface area contributed by atoms with Gasteiger partial charge < -0.3 is 5.73 Å². The summed E-state index contributed by atoms with van der Waals surface area (Å²) in [6.07, 6.45) is 0.730. The van der Waals surface area contributed by atoms with Gasteiger partial charge in [0.05, 0.1) is 0 Å². The highest BCUT2D eigenvalue weighted by Gasteiger charge is 2.31. The van der Waals surface area contributed by atoms with Crippen LogP contribution in [0, 0.1) is 11.7 Å². The Morgan fingerprint density at radius 3 is 2.53 bits per heavy atom. The fourth-order valence-corrected chi connectivity index (χ4v) is 2.06. The smallest absolute Gasteiger partial charge is 0.123 e. The lowest BCUT2D eigenvalue weighted by molar-refractivity contribution is 0.305. The molecule has 0 aliphatic carbocycles. The zero-order valence-corrected chi connectivity index (χ0v) is 10.1. The fourth-order valence-electron chi connectivity index (χ4n) is 1.76. The summed E-state index contributed by atoms with van der Waals surface area (Å²) in [7, 11) is 0. The molecule has 3 heteroatoms. The molecule has 1 aromatic rings. The Hall–Kier alpha value is -0.600. The number of hydrogen-bond donors (Lipinski definition) is 1. The molecule has 0 saturated heterocycles. The van der Waals surface area contributed by atoms with Crippen LogP contribution in [0.3, 0.4) is 0 Å². The number of halogens is 2. The molecule has 1 unspecified atom stereocenters. The topological polar surface area (TPSA) is 26.0 Å². The summed E-state index contributed by atoms with van der Waals surface area (Å²) >= 11 is 6.06. The van der Waals surface area contributed by atoms with E-state index in [-0.39, 0.29) is 11.7 Å². The van der Waals surface area contributed by atoms with Gasteiger partial charge in [-0.15, -0.1) is 0 Å². The summed E-state index contributed by atoms with van der Waals surface area (Å²) in [5.41, 5.74) is 6.42. The summed E-state index contributed by atoms with van der Waals surface area (Å²) in [5.74, 6) is -0.0832. The molecule has 1 rings (SSSR count). The van der Waals surface area contributed by atoms with Crippen molar-refractivity contribution < 1.29 is 4.39 Å². The predicted octanol–water partition coefficient (Wildman–Crippen LogP) is 3.70. The molecule has 1 atom stereocenters. The molecule has 15 heavy (non-hydrogen) atoms. The van der Waals surface area contributed by atoms with E-state index in [1.807, 2.05) is 20.8 Å². The fraction of sp³-hybridized carbons (Fsp3) is 0.500. The molecule has 0 saturated carbocycles. The number of rotatable bonds is 3. The van der Waals surface area contributed by atoms with Crippen LogP contribution in [0.4, 0.5) is 4.39 Å². The second-order valence-electron chi connectivity index (χ2n) is 4.17. The second kappa shape index (κ2) is 4.50. The van der Waals surface area contributed by atoms with Crippen LogP contribution in [0.25, 0.3) is 0 Å². The van der Waals surface area contributed by atoms with Crippen LogP contribution < -0.4 is 5.73 Å². The lowest BCUT2D eigenvalue weighted by Crippen LogP contribution is -2.41. The SMILES string of the molecule is CCC(N)(c1cc(F)ccc1Cl)C(C)C. The molecule has 1 nitrogen and oxygen atoms in total. The maximum Gasteiger partial charge on any atom is 0.123 e. The quantitative estimate of drug-likeness (QED) is 0.841. The lowest BCUT2D eigenvalue weighted by atomic mass is 9.79. The molecule has 0 bridgehead atoms. The van der Waals surface area contributed by atoms with E-state index in [2.05, 4.69) is 0 Å². The molecule has 0 fully saturated rings. The van der Waals surface area contributed by atoms with Gasteiger partial charge in [-0.05, 0) is 36.1 Å². The lowest BCUT2D eigenvalue weighted by Gasteiger charge is -2.33. The van der Waals surface area contributed by atoms with Crippen molar-refractivity contribution in [2.75, 3.05) is 0 Å². The number of benzene rings is 1. The summed E-state index contributed by atoms with van der Waals surface area (Å²) in [5, 5.41) is 0.537. The van der Waals surface area contributed by atoms with E-state index < -0.39 is 5.54 Å². The maximum absolute atomic E-state index is 13.2. The summed E-state index contributed by atoms with van der Waals surface area (Å²) in [6.45, 7) is 6.02. The summed E-state index contributed by atoms with van der Waals surface area (Å²) < 4.78 is 13.2. The highest BCUT2D eigenvalue weighted by molar-refractivity contribution is 6.31. The average molecular weight is 230 g/mol. The van der Waals surface area contributed by atoms with Crippen molar-refractivity contribution in [1.82, 2.24) is 0 Å². The molecule has 0 aromatic heterocycles. The van der Waals surface area contributed by atoms with Crippen LogP contribution in [0.1, 0.15) is 32.8 Å². The van der Waals surface area contributed by atoms with E-state index in [1.54, 1.807) is 6.07 Å². The highest BCUT2D eigenvalue weighted by Crippen LogP contribution is 2.35. The zero-order chi connectivity index (χ0) is 11.6. The Labute approximate surface area is 95.4 Å². The zero-order valence-electron chi connectivity index (χ0n) is 9.35. The minimum atomic E-state index is -0.556. The molecule has 0 amide bonds. The van der Waals surface area contributed by atoms with Gasteiger partial charge in [-0.2, -0.15) is 0 Å². The first-order chi connectivity index (χ1) is 6.91. The van der Waals surface area contributed by atoms with Crippen molar-refractivity contribution in [2.24, 2.45) is 11.7 Å². The van der Waals surface area contributed by atoms with Crippen molar-refractivity contribution in [3.05, 3.63) is 34.6 Å². The first-order valence-corrected chi connectivity index (χ1v) is 5.54. The van der Waals surface area contributed by atoms with Gasteiger partial charge in [0.2, 0.25) is 0 Å². The van der Waals surface area contributed by atoms with E-state index in [9.17, 15) is 4.39 Å². The average Bonchev–Trinajstić information content (AvgIpc) is 2.20. The largest absolute Gasteiger partial charge is 0.321 e. The maximum atomic E-state index is 13.2. The Bertz CT molecular complexity index is 351. The third-order valence-electron chi connectivity index (χ3n) is 3.05. The Kier molecular flexibility index (Phi) is 3.74. The highest BCUT2D eigenvalue weighted by atomic mass is 35.5. The molecular weight excluding hydrogens is 213 g/mol. The predicted molar refractivity (Wildman–Crippen MR) is 62.4 cm³/mol. The van der Waals surface area contributed by atoms with E-state index in [0.717, 1.165) is 6.42 Å². The van der Waals surface area contributed by atoms with Gasteiger partial charge in [-0.3, -0.25) is 0 Å². The van der Waals surface area contributed by atoms with E-state index in [0.29, 0.717) is 10.6 Å². The van der Waals surface area contributed by atoms with Crippen LogP contribution in [-0.2, 0) is 5.54 Å². The second-order valence-corrected chi connectivity index (χ2v) is 4.58. The molecule has 84 valence electrons. The summed E-state index contributed by atoms with van der Waals surface area (Å²) in [6, 6.07) is 4.35. The van der Waals surface area contributed by atoms with Crippen molar-refractivity contribution in [2.45, 2.75) is 32.7 Å². The van der Waals surface area contributed by atoms with Gasteiger partial charge >= 0.3 is 0 Å². The Morgan fingerprint density at radius 2 is 2.07 bits per heavy atom. The molecule has 0 heterocycles. The number of hydrogen-bond acceptors (Lipinski definition) is 1. The van der Waals surface area contributed by atoms with Crippen molar-refractivity contribution in [3.8, 4) is 0 Å². The normalized spacial score (nSPS) is 15.4. The van der Waals surface area contributed by atoms with E-state index in [4.69, 9.17) is 17.3 Å². The minimum absolute atomic E-state index is 0.210. The minimum Gasteiger partial charge on any atom is -0.321 e. The monoisotopic (exact) mass is 229 g/mol. The molecular formula is C12H17ClFN. The van der Waals surface area contributed by atoms with Crippen molar-refractivity contribution in [1.29, 1.82) is 0 Å². The number of nitrogens with two attached hydrogens (primary N) is 1. The Morgan fingerprint density at radius 1 is 1.47 bits per heavy atom. The van der Waals surface area contributed by atoms with Crippen LogP contribution in [-0.4, -0.2) is 0 Å². The molecule has 1 aromatic carbocycles. The molecule has 0 aliphatic rings. The third kappa shape index (κ3) is 2.32. The summed E-state index contributed by atoms with van der Waals surface area (Å²) in [4.78, 5) is 0. The first kappa shape index (κ1) is 12.5. The molecule has 2 N–H and O–H groups in total. The van der Waals surface area contributed by atoms with Gasteiger partial charge in [-0.25, -0.2) is 4.39 Å². The van der Waals surface area contributed by atoms with Crippen molar-refractivity contribution >= 4 is 11.6 Å². The van der Waals surface area contributed by atoms with Crippen LogP contribution in [0.15, 0.2) is 18.2 Å². The first-order valence-electron chi connectivity index (χ1n) is 5.16. The van der Waals surface area contributed by atoms with E-state index in [1.165, 1.54) is 12.1 Å². The molecule has 0 aliphatic heterocycles. The van der Waals surface area contributed by atoms with Crippen LogP contribution in [0.5, 0.6) is 0 Å². The van der Waals surface area contributed by atoms with Crippen molar-refractivity contribution in [3.63, 3.8) is 0 Å². The van der Waals surface area contributed by atoms with Gasteiger partial charge in [-0.1, -0.05) is 32.4 Å². The molecule has 0 spiro atoms. The van der Waals surface area contributed by atoms with Gasteiger partial charge in [0.25, 0.3) is 0 Å². The van der Waals surface area contributed by atoms with Crippen LogP contribution >= 0.6 is 11.6 Å².